The minimum Gasteiger partial charge on any atom is -0.488 e. The summed E-state index contributed by atoms with van der Waals surface area (Å²) in [5, 5.41) is 12.8. The minimum absolute atomic E-state index is 0.00328. The van der Waals surface area contributed by atoms with Crippen LogP contribution in [-0.4, -0.2) is 49.4 Å². The number of aliphatic carboxylic acids is 1. The fourth-order valence-corrected chi connectivity index (χ4v) is 4.64. The Balaban J connectivity index is 1.72. The van der Waals surface area contributed by atoms with Crippen molar-refractivity contribution < 1.29 is 24.2 Å². The Kier molecular flexibility index (Phi) is 9.94. The number of ether oxygens (including phenoxy) is 2. The predicted octanol–water partition coefficient (Wildman–Crippen LogP) is 3.40. The smallest absolute Gasteiger partial charge is 0.408 e. The van der Waals surface area contributed by atoms with E-state index < -0.39 is 46.3 Å². The van der Waals surface area contributed by atoms with Crippen LogP contribution < -0.4 is 31.9 Å². The lowest BCUT2D eigenvalue weighted by Crippen LogP contribution is -2.47. The molecule has 0 spiro atoms. The summed E-state index contributed by atoms with van der Waals surface area (Å²) in [6.45, 7) is 10.8. The Morgan fingerprint density at radius 1 is 0.804 bits per heavy atom. The number of nitrogens with one attached hydrogen (secondary N) is 3. The monoisotopic (exact) mass is 626 g/mol. The molecule has 2 aromatic heterocycles. The van der Waals surface area contributed by atoms with E-state index in [-0.39, 0.29) is 10.7 Å². The number of carboxylic acids is 1. The number of amides is 1. The third-order valence-corrected chi connectivity index (χ3v) is 6.49. The molecule has 2 heterocycles. The quantitative estimate of drug-likeness (QED) is 0.231. The van der Waals surface area contributed by atoms with Crippen LogP contribution >= 0.6 is 0 Å². The number of hydrogen-bond acceptors (Lipinski definition) is 7. The van der Waals surface area contributed by atoms with Gasteiger partial charge in [0, 0.05) is 12.1 Å². The van der Waals surface area contributed by atoms with Crippen LogP contribution in [-0.2, 0) is 9.53 Å². The van der Waals surface area contributed by atoms with Crippen molar-refractivity contribution in [3.8, 4) is 5.75 Å². The first-order chi connectivity index (χ1) is 21.6. The Hall–Kier alpha value is -5.45. The van der Waals surface area contributed by atoms with Gasteiger partial charge in [-0.1, -0.05) is 48.5 Å². The highest BCUT2D eigenvalue weighted by molar-refractivity contribution is 5.82. The highest BCUT2D eigenvalue weighted by Crippen LogP contribution is 2.31. The summed E-state index contributed by atoms with van der Waals surface area (Å²) < 4.78 is 11.3. The molecule has 11 nitrogen and oxygen atoms in total. The van der Waals surface area contributed by atoms with Gasteiger partial charge in [0.25, 0.3) is 11.1 Å². The van der Waals surface area contributed by atoms with Gasteiger partial charge in [-0.15, -0.1) is 0 Å². The molecule has 0 bridgehead atoms. The predicted molar refractivity (Wildman–Crippen MR) is 174 cm³/mol. The van der Waals surface area contributed by atoms with Crippen molar-refractivity contribution >= 4 is 24.2 Å². The van der Waals surface area contributed by atoms with E-state index >= 15 is 0 Å². The number of H-pyrrole nitrogens is 2. The SMILES string of the molecule is CC(C)(C)OC(=O)NC(C(=O)O)C(c1ccc(OC(C)(C)C)cc1)c1ccc(C=c2[nH]c(=O)/c(=C/c3ccccc3)[nH]c2=O)nc1. The lowest BCUT2D eigenvalue weighted by atomic mass is 9.85. The molecule has 0 aliphatic rings. The molecule has 2 atom stereocenters. The summed E-state index contributed by atoms with van der Waals surface area (Å²) in [4.78, 5) is 60.4. The number of carboxylic acid groups (broad SMARTS) is 1. The molecule has 0 saturated carbocycles. The highest BCUT2D eigenvalue weighted by atomic mass is 16.6. The lowest BCUT2D eigenvalue weighted by molar-refractivity contribution is -0.139. The maximum absolute atomic E-state index is 12.8. The molecule has 4 aromatic rings. The Morgan fingerprint density at radius 2 is 1.39 bits per heavy atom. The molecule has 0 aliphatic heterocycles. The number of rotatable bonds is 8. The first-order valence-corrected chi connectivity index (χ1v) is 14.7. The van der Waals surface area contributed by atoms with E-state index in [0.717, 1.165) is 5.56 Å². The molecule has 4 N–H and O–H groups in total. The Bertz CT molecular complexity index is 1920. The molecule has 46 heavy (non-hydrogen) atoms. The standard InChI is InChI=1S/C35H38N4O7/c1-34(2,3)45-25-16-13-22(14-17-25)28(29(32(42)43)39-33(44)46-35(4,5)6)23-12-15-24(36-20-23)19-27-31(41)37-26(30(40)38-27)18-21-10-8-7-9-11-21/h7-20,28-29H,1-6H3,(H,37,41)(H,38,40)(H,39,44)(H,42,43)/b26-18-,27-19?. The molecular formula is C35H38N4O7. The zero-order chi connectivity index (χ0) is 33.6. The van der Waals surface area contributed by atoms with Crippen LogP contribution in [0.15, 0.2) is 82.5 Å². The first-order valence-electron chi connectivity index (χ1n) is 14.7. The molecule has 2 aromatic carbocycles. The summed E-state index contributed by atoms with van der Waals surface area (Å²) in [6.07, 6.45) is 3.57. The largest absolute Gasteiger partial charge is 0.488 e. The Labute approximate surface area is 265 Å². The zero-order valence-electron chi connectivity index (χ0n) is 26.6. The third kappa shape index (κ3) is 9.28. The van der Waals surface area contributed by atoms with Crippen LogP contribution in [0.4, 0.5) is 4.79 Å². The molecule has 2 unspecified atom stereocenters. The number of nitrogens with zero attached hydrogens (tertiary/aromatic N) is 1. The second-order valence-electron chi connectivity index (χ2n) is 12.7. The van der Waals surface area contributed by atoms with Gasteiger partial charge in [0.1, 0.15) is 33.7 Å². The van der Waals surface area contributed by atoms with Crippen molar-refractivity contribution in [2.75, 3.05) is 0 Å². The fraction of sp³-hybridized carbons (Fsp3) is 0.286. The highest BCUT2D eigenvalue weighted by Gasteiger charge is 2.34. The second-order valence-corrected chi connectivity index (χ2v) is 12.7. The summed E-state index contributed by atoms with van der Waals surface area (Å²) in [5.74, 6) is -1.57. The van der Waals surface area contributed by atoms with Gasteiger partial charge in [0.05, 0.1) is 5.69 Å². The van der Waals surface area contributed by atoms with Gasteiger partial charge in [-0.3, -0.25) is 14.6 Å². The van der Waals surface area contributed by atoms with Crippen molar-refractivity contribution in [3.05, 3.63) is 127 Å². The number of benzene rings is 2. The third-order valence-electron chi connectivity index (χ3n) is 6.49. The van der Waals surface area contributed by atoms with Crippen LogP contribution in [0.1, 0.15) is 69.8 Å². The Morgan fingerprint density at radius 3 is 1.91 bits per heavy atom. The van der Waals surface area contributed by atoms with Crippen molar-refractivity contribution in [2.45, 2.75) is 64.7 Å². The van der Waals surface area contributed by atoms with Gasteiger partial charge in [0.15, 0.2) is 0 Å². The van der Waals surface area contributed by atoms with E-state index in [9.17, 15) is 24.3 Å². The van der Waals surface area contributed by atoms with E-state index in [2.05, 4.69) is 20.3 Å². The number of alkyl carbamates (subject to hydrolysis) is 1. The van der Waals surface area contributed by atoms with E-state index in [1.165, 1.54) is 12.3 Å². The molecule has 4 rings (SSSR count). The van der Waals surface area contributed by atoms with Crippen LogP contribution in [0.3, 0.4) is 0 Å². The maximum Gasteiger partial charge on any atom is 0.408 e. The number of hydrogen-bond donors (Lipinski definition) is 4. The number of aromatic amines is 2. The summed E-state index contributed by atoms with van der Waals surface area (Å²) in [7, 11) is 0. The minimum atomic E-state index is -1.42. The molecule has 11 heteroatoms. The van der Waals surface area contributed by atoms with Crippen molar-refractivity contribution in [1.82, 2.24) is 20.3 Å². The van der Waals surface area contributed by atoms with E-state index in [1.807, 2.05) is 51.1 Å². The molecule has 1 amide bonds. The van der Waals surface area contributed by atoms with Crippen LogP contribution in [0.5, 0.6) is 5.75 Å². The van der Waals surface area contributed by atoms with Crippen molar-refractivity contribution in [2.24, 2.45) is 0 Å². The number of aromatic nitrogens is 3. The summed E-state index contributed by atoms with van der Waals surface area (Å²) in [5.41, 5.74) is -0.142. The molecule has 240 valence electrons. The van der Waals surface area contributed by atoms with Gasteiger partial charge >= 0.3 is 12.1 Å². The molecule has 0 fully saturated rings. The van der Waals surface area contributed by atoms with Gasteiger partial charge in [-0.25, -0.2) is 9.59 Å². The van der Waals surface area contributed by atoms with Gasteiger partial charge in [-0.2, -0.15) is 0 Å². The molecular weight excluding hydrogens is 588 g/mol. The topological polar surface area (TPSA) is 163 Å². The average Bonchev–Trinajstić information content (AvgIpc) is 2.96. The summed E-state index contributed by atoms with van der Waals surface area (Å²) >= 11 is 0. The van der Waals surface area contributed by atoms with E-state index in [4.69, 9.17) is 9.47 Å². The van der Waals surface area contributed by atoms with Crippen molar-refractivity contribution in [1.29, 1.82) is 0 Å². The van der Waals surface area contributed by atoms with E-state index in [0.29, 0.717) is 22.6 Å². The first kappa shape index (κ1) is 33.4. The van der Waals surface area contributed by atoms with Crippen LogP contribution in [0.25, 0.3) is 12.2 Å². The number of pyridine rings is 1. The second kappa shape index (κ2) is 13.7. The number of carbonyl (C=O) groups is 2. The number of carbonyl (C=O) groups excluding carboxylic acids is 1. The zero-order valence-corrected chi connectivity index (χ0v) is 26.6. The molecule has 0 aliphatic carbocycles. The molecule has 0 radical (unpaired) electrons. The normalized spacial score (nSPS) is 14.0. The van der Waals surface area contributed by atoms with Gasteiger partial charge in [-0.05, 0) is 88.6 Å². The molecule has 0 saturated heterocycles. The summed E-state index contributed by atoms with van der Waals surface area (Å²) in [6, 6.07) is 17.9. The average molecular weight is 627 g/mol. The van der Waals surface area contributed by atoms with Gasteiger partial charge < -0.3 is 29.9 Å². The lowest BCUT2D eigenvalue weighted by Gasteiger charge is -2.28. The fourth-order valence-electron chi connectivity index (χ4n) is 4.64. The van der Waals surface area contributed by atoms with Crippen LogP contribution in [0, 0.1) is 0 Å². The maximum atomic E-state index is 12.8. The van der Waals surface area contributed by atoms with Gasteiger partial charge in [0.2, 0.25) is 0 Å². The van der Waals surface area contributed by atoms with Crippen molar-refractivity contribution in [3.63, 3.8) is 0 Å². The van der Waals surface area contributed by atoms with E-state index in [1.54, 1.807) is 63.2 Å². The van der Waals surface area contributed by atoms with Crippen LogP contribution in [0.2, 0.25) is 0 Å².